The van der Waals surface area contributed by atoms with Gasteiger partial charge in [-0.2, -0.15) is 0 Å². The molecular weight excluding hydrogens is 443 g/mol. The Hall–Kier alpha value is -2.87. The van der Waals surface area contributed by atoms with Gasteiger partial charge < -0.3 is 16.0 Å². The maximum absolute atomic E-state index is 14.0. The molecule has 0 bridgehead atoms. The molecule has 1 aliphatic carbocycles. The van der Waals surface area contributed by atoms with E-state index in [1.807, 2.05) is 37.3 Å². The van der Waals surface area contributed by atoms with Crippen LogP contribution in [0.4, 0.5) is 13.2 Å². The molecule has 1 saturated carbocycles. The Balaban J connectivity index is 1.34. The van der Waals surface area contributed by atoms with E-state index in [1.165, 1.54) is 0 Å². The normalized spacial score (nSPS) is 22.2. The highest BCUT2D eigenvalue weighted by atomic mass is 19.2. The summed E-state index contributed by atoms with van der Waals surface area (Å²) in [5.74, 6) is -3.53. The zero-order valence-corrected chi connectivity index (χ0v) is 19.2. The Bertz CT molecular complexity index is 1060. The van der Waals surface area contributed by atoms with Crippen molar-refractivity contribution in [2.75, 3.05) is 6.54 Å². The number of rotatable bonds is 7. The van der Waals surface area contributed by atoms with Crippen molar-refractivity contribution in [3.63, 3.8) is 0 Å². The lowest BCUT2D eigenvalue weighted by Crippen LogP contribution is -2.53. The second kappa shape index (κ2) is 9.78. The van der Waals surface area contributed by atoms with Crippen molar-refractivity contribution in [3.8, 4) is 0 Å². The summed E-state index contributed by atoms with van der Waals surface area (Å²) in [5, 5.41) is 2.91. The molecule has 0 spiro atoms. The second-order valence-corrected chi connectivity index (χ2v) is 9.61. The highest BCUT2D eigenvalue weighted by Crippen LogP contribution is 2.48. The molecule has 5 nitrogen and oxygen atoms in total. The minimum absolute atomic E-state index is 0.00590. The van der Waals surface area contributed by atoms with E-state index in [9.17, 15) is 22.8 Å². The van der Waals surface area contributed by atoms with Crippen LogP contribution in [0.5, 0.6) is 0 Å². The van der Waals surface area contributed by atoms with Crippen LogP contribution >= 0.6 is 0 Å². The summed E-state index contributed by atoms with van der Waals surface area (Å²) in [4.78, 5) is 28.0. The molecule has 1 aliphatic heterocycles. The fourth-order valence-electron chi connectivity index (χ4n) is 4.93. The number of nitrogens with zero attached hydrogens (tertiary/aromatic N) is 1. The molecular formula is C26H30F3N3O2. The monoisotopic (exact) mass is 473 g/mol. The predicted molar refractivity (Wildman–Crippen MR) is 122 cm³/mol. The van der Waals surface area contributed by atoms with Crippen LogP contribution in [0, 0.1) is 28.8 Å². The zero-order valence-electron chi connectivity index (χ0n) is 19.2. The third-order valence-corrected chi connectivity index (χ3v) is 7.22. The van der Waals surface area contributed by atoms with E-state index < -0.39 is 28.9 Å². The quantitative estimate of drug-likeness (QED) is 0.476. The fourth-order valence-corrected chi connectivity index (χ4v) is 4.93. The lowest BCUT2D eigenvalue weighted by Gasteiger charge is -2.41. The van der Waals surface area contributed by atoms with Crippen LogP contribution in [0.2, 0.25) is 0 Å². The Morgan fingerprint density at radius 1 is 1.12 bits per heavy atom. The van der Waals surface area contributed by atoms with Crippen LogP contribution in [0.1, 0.15) is 43.7 Å². The molecule has 2 aliphatic rings. The van der Waals surface area contributed by atoms with Gasteiger partial charge in [0.05, 0.1) is 0 Å². The molecule has 8 heteroatoms. The summed E-state index contributed by atoms with van der Waals surface area (Å²) in [6, 6.07) is 10.4. The van der Waals surface area contributed by atoms with Crippen molar-refractivity contribution in [2.24, 2.45) is 17.1 Å². The van der Waals surface area contributed by atoms with Crippen LogP contribution in [0.25, 0.3) is 0 Å². The summed E-state index contributed by atoms with van der Waals surface area (Å²) in [7, 11) is 0. The first-order chi connectivity index (χ1) is 16.2. The molecule has 34 heavy (non-hydrogen) atoms. The van der Waals surface area contributed by atoms with Crippen LogP contribution in [-0.4, -0.2) is 35.3 Å². The standard InChI is InChI=1S/C26H30F3N3O2/c1-16-11-18(23(30)13-19-12-21(28)22(29)14-20(19)27)7-10-32(16)25(34)26(8-9-26)24(33)31-15-17-5-3-2-4-6-17/h2-6,12,14,16,18,23H,7-11,13,15,30H2,1H3,(H,31,33)/t16-,18+,23-/m1/s1. The summed E-state index contributed by atoms with van der Waals surface area (Å²) in [5.41, 5.74) is 6.34. The molecule has 0 aromatic heterocycles. The number of amides is 2. The van der Waals surface area contributed by atoms with Crippen molar-refractivity contribution < 1.29 is 22.8 Å². The topological polar surface area (TPSA) is 75.4 Å². The van der Waals surface area contributed by atoms with Crippen LogP contribution in [0.3, 0.4) is 0 Å². The van der Waals surface area contributed by atoms with Crippen molar-refractivity contribution in [1.82, 2.24) is 10.2 Å². The summed E-state index contributed by atoms with van der Waals surface area (Å²) in [6.45, 7) is 2.75. The number of benzene rings is 2. The first kappa shape index (κ1) is 24.3. The molecule has 1 saturated heterocycles. The molecule has 3 atom stereocenters. The van der Waals surface area contributed by atoms with Crippen molar-refractivity contribution in [1.29, 1.82) is 0 Å². The van der Waals surface area contributed by atoms with Crippen molar-refractivity contribution in [3.05, 3.63) is 71.0 Å². The molecule has 182 valence electrons. The molecule has 1 heterocycles. The highest BCUT2D eigenvalue weighted by molar-refractivity contribution is 6.08. The summed E-state index contributed by atoms with van der Waals surface area (Å²) in [6.07, 6.45) is 2.35. The van der Waals surface area contributed by atoms with E-state index in [-0.39, 0.29) is 35.8 Å². The van der Waals surface area contributed by atoms with E-state index in [0.29, 0.717) is 44.8 Å². The lowest BCUT2D eigenvalue weighted by atomic mass is 9.82. The van der Waals surface area contributed by atoms with Crippen LogP contribution in [-0.2, 0) is 22.6 Å². The second-order valence-electron chi connectivity index (χ2n) is 9.61. The van der Waals surface area contributed by atoms with Crippen LogP contribution < -0.4 is 11.1 Å². The molecule has 0 unspecified atom stereocenters. The summed E-state index contributed by atoms with van der Waals surface area (Å²) >= 11 is 0. The third kappa shape index (κ3) is 4.97. The summed E-state index contributed by atoms with van der Waals surface area (Å²) < 4.78 is 40.8. The number of carbonyl (C=O) groups excluding carboxylic acids is 2. The largest absolute Gasteiger partial charge is 0.351 e. The van der Waals surface area contributed by atoms with Gasteiger partial charge in [0.1, 0.15) is 11.2 Å². The smallest absolute Gasteiger partial charge is 0.238 e. The molecule has 2 amide bonds. The molecule has 3 N–H and O–H groups in total. The van der Waals surface area contributed by atoms with Gasteiger partial charge in [-0.3, -0.25) is 9.59 Å². The minimum Gasteiger partial charge on any atom is -0.351 e. The maximum Gasteiger partial charge on any atom is 0.238 e. The van der Waals surface area contributed by atoms with Gasteiger partial charge >= 0.3 is 0 Å². The van der Waals surface area contributed by atoms with Gasteiger partial charge in [-0.25, -0.2) is 13.2 Å². The number of piperidine rings is 1. The first-order valence-electron chi connectivity index (χ1n) is 11.7. The number of halogens is 3. The number of hydrogen-bond acceptors (Lipinski definition) is 3. The molecule has 2 fully saturated rings. The Morgan fingerprint density at radius 3 is 2.44 bits per heavy atom. The van der Waals surface area contributed by atoms with E-state index >= 15 is 0 Å². The SMILES string of the molecule is C[C@@H]1C[C@@H]([C@H](N)Cc2cc(F)c(F)cc2F)CCN1C(=O)C1(C(=O)NCc2ccccc2)CC1. The van der Waals surface area contributed by atoms with Gasteiger partial charge in [-0.15, -0.1) is 0 Å². The van der Waals surface area contributed by atoms with Gasteiger partial charge in [-0.1, -0.05) is 30.3 Å². The predicted octanol–water partition coefficient (Wildman–Crippen LogP) is 3.70. The number of likely N-dealkylation sites (tertiary alicyclic amines) is 1. The van der Waals surface area contributed by atoms with Gasteiger partial charge in [0.15, 0.2) is 11.6 Å². The van der Waals surface area contributed by atoms with Gasteiger partial charge in [0.25, 0.3) is 0 Å². The van der Waals surface area contributed by atoms with Gasteiger partial charge in [0, 0.05) is 31.2 Å². The van der Waals surface area contributed by atoms with Gasteiger partial charge in [-0.05, 0) is 62.1 Å². The maximum atomic E-state index is 14.0. The van der Waals surface area contributed by atoms with Crippen molar-refractivity contribution >= 4 is 11.8 Å². The van der Waals surface area contributed by atoms with Crippen molar-refractivity contribution in [2.45, 2.75) is 57.7 Å². The Labute approximate surface area is 197 Å². The lowest BCUT2D eigenvalue weighted by molar-refractivity contribution is -0.147. The van der Waals surface area contributed by atoms with E-state index in [4.69, 9.17) is 5.73 Å². The first-order valence-corrected chi connectivity index (χ1v) is 11.7. The highest BCUT2D eigenvalue weighted by Gasteiger charge is 2.58. The number of nitrogens with two attached hydrogens (primary N) is 1. The van der Waals surface area contributed by atoms with Crippen LogP contribution in [0.15, 0.2) is 42.5 Å². The number of carbonyl (C=O) groups is 2. The third-order valence-electron chi connectivity index (χ3n) is 7.22. The van der Waals surface area contributed by atoms with E-state index in [2.05, 4.69) is 5.32 Å². The average molecular weight is 474 g/mol. The fraction of sp³-hybridized carbons (Fsp3) is 0.462. The Morgan fingerprint density at radius 2 is 1.79 bits per heavy atom. The average Bonchev–Trinajstić information content (AvgIpc) is 3.63. The van der Waals surface area contributed by atoms with E-state index in [1.54, 1.807) is 4.90 Å². The minimum atomic E-state index is -1.22. The number of nitrogens with one attached hydrogen (secondary N) is 1. The Kier molecular flexibility index (Phi) is 6.98. The molecule has 2 aromatic rings. The molecule has 2 aromatic carbocycles. The molecule has 0 radical (unpaired) electrons. The number of hydrogen-bond donors (Lipinski definition) is 2. The van der Waals surface area contributed by atoms with Gasteiger partial charge in [0.2, 0.25) is 11.8 Å². The zero-order chi connectivity index (χ0) is 24.5. The molecule has 4 rings (SSSR count). The van der Waals surface area contributed by atoms with E-state index in [0.717, 1.165) is 11.6 Å².